The quantitative estimate of drug-likeness (QED) is 0.508. The molecule has 3 amide bonds. The maximum Gasteiger partial charge on any atom is 0.315 e. The van der Waals surface area contributed by atoms with Crippen molar-refractivity contribution in [1.82, 2.24) is 16.0 Å². The Labute approximate surface area is 185 Å². The fourth-order valence-corrected chi connectivity index (χ4v) is 3.09. The largest absolute Gasteiger partial charge is 0.377 e. The summed E-state index contributed by atoms with van der Waals surface area (Å²) in [5.74, 6) is 0.0866. The number of benzene rings is 2. The minimum atomic E-state index is -0.588. The second-order valence-electron chi connectivity index (χ2n) is 8.17. The number of hydrogen-bond acceptors (Lipinski definition) is 3. The van der Waals surface area contributed by atoms with Crippen molar-refractivity contribution in [3.63, 3.8) is 0 Å². The highest BCUT2D eigenvalue weighted by Gasteiger charge is 2.21. The van der Waals surface area contributed by atoms with Crippen LogP contribution in [0.2, 0.25) is 0 Å². The molecule has 3 N–H and O–H groups in total. The van der Waals surface area contributed by atoms with Gasteiger partial charge in [-0.25, -0.2) is 4.79 Å². The van der Waals surface area contributed by atoms with E-state index in [1.54, 1.807) is 0 Å². The number of carbonyl (C=O) groups is 2. The van der Waals surface area contributed by atoms with Gasteiger partial charge < -0.3 is 20.7 Å². The van der Waals surface area contributed by atoms with Gasteiger partial charge in [0.05, 0.1) is 6.61 Å². The Balaban J connectivity index is 1.85. The van der Waals surface area contributed by atoms with E-state index in [0.717, 1.165) is 16.7 Å². The van der Waals surface area contributed by atoms with Crippen LogP contribution in [-0.2, 0) is 29.2 Å². The summed E-state index contributed by atoms with van der Waals surface area (Å²) < 4.78 is 5.40. The van der Waals surface area contributed by atoms with Crippen molar-refractivity contribution in [2.24, 2.45) is 5.92 Å². The van der Waals surface area contributed by atoms with Gasteiger partial charge in [0.15, 0.2) is 0 Å². The molecule has 2 aromatic carbocycles. The Morgan fingerprint density at radius 3 is 2.00 bits per heavy atom. The zero-order valence-electron chi connectivity index (χ0n) is 19.0. The van der Waals surface area contributed by atoms with Gasteiger partial charge in [0.2, 0.25) is 5.91 Å². The average molecular weight is 426 g/mol. The second kappa shape index (κ2) is 12.7. The molecule has 0 saturated heterocycles. The van der Waals surface area contributed by atoms with E-state index in [4.69, 9.17) is 4.74 Å². The molecule has 168 valence electrons. The van der Waals surface area contributed by atoms with Crippen molar-refractivity contribution in [1.29, 1.82) is 0 Å². The van der Waals surface area contributed by atoms with Gasteiger partial charge in [0.25, 0.3) is 0 Å². The molecule has 2 rings (SSSR count). The molecular formula is C25H35N3O3. The van der Waals surface area contributed by atoms with Crippen LogP contribution < -0.4 is 16.0 Å². The number of hydrogen-bond donors (Lipinski definition) is 3. The molecule has 2 aromatic rings. The van der Waals surface area contributed by atoms with Crippen molar-refractivity contribution in [3.8, 4) is 0 Å². The van der Waals surface area contributed by atoms with Crippen LogP contribution >= 0.6 is 0 Å². The fraction of sp³-hybridized carbons (Fsp3) is 0.440. The van der Waals surface area contributed by atoms with Crippen molar-refractivity contribution >= 4 is 11.9 Å². The molecule has 0 heterocycles. The molecule has 0 fully saturated rings. The summed E-state index contributed by atoms with van der Waals surface area (Å²) in [6.07, 6.45) is 0.567. The van der Waals surface area contributed by atoms with Gasteiger partial charge in [-0.1, -0.05) is 67.9 Å². The second-order valence-corrected chi connectivity index (χ2v) is 8.17. The Hall–Kier alpha value is -2.86. The van der Waals surface area contributed by atoms with E-state index in [0.29, 0.717) is 32.7 Å². The number of aryl methyl sites for hydroxylation is 1. The van der Waals surface area contributed by atoms with E-state index in [1.165, 1.54) is 5.56 Å². The van der Waals surface area contributed by atoms with Crippen LogP contribution in [0.25, 0.3) is 0 Å². The maximum absolute atomic E-state index is 12.7. The summed E-state index contributed by atoms with van der Waals surface area (Å²) in [6, 6.07) is 15.0. The molecule has 0 aromatic heterocycles. The standard InChI is InChI=1S/C25H35N3O3/c1-5-31-17-22-12-10-21(11-13-22)15-26-24(29)23(14-18(2)3)28-25(30)27-16-20-8-6-19(4)7-9-20/h6-13,18,23H,5,14-17H2,1-4H3,(H,26,29)(H2,27,28,30). The van der Waals surface area contributed by atoms with Gasteiger partial charge in [0, 0.05) is 19.7 Å². The van der Waals surface area contributed by atoms with Crippen molar-refractivity contribution in [2.75, 3.05) is 6.61 Å². The first-order valence-electron chi connectivity index (χ1n) is 10.9. The first kappa shape index (κ1) is 24.4. The molecular weight excluding hydrogens is 390 g/mol. The van der Waals surface area contributed by atoms with E-state index in [2.05, 4.69) is 16.0 Å². The number of amides is 3. The number of rotatable bonds is 11. The normalized spacial score (nSPS) is 11.8. The summed E-state index contributed by atoms with van der Waals surface area (Å²) in [4.78, 5) is 25.1. The third-order valence-electron chi connectivity index (χ3n) is 4.87. The van der Waals surface area contributed by atoms with Gasteiger partial charge in [-0.05, 0) is 42.9 Å². The summed E-state index contributed by atoms with van der Waals surface area (Å²) in [7, 11) is 0. The Bertz CT molecular complexity index is 817. The van der Waals surface area contributed by atoms with Gasteiger partial charge >= 0.3 is 6.03 Å². The van der Waals surface area contributed by atoms with E-state index in [-0.39, 0.29) is 17.9 Å². The number of nitrogens with one attached hydrogen (secondary N) is 3. The predicted molar refractivity (Wildman–Crippen MR) is 123 cm³/mol. The highest BCUT2D eigenvalue weighted by molar-refractivity contribution is 5.87. The van der Waals surface area contributed by atoms with Gasteiger partial charge in [-0.3, -0.25) is 4.79 Å². The molecule has 0 radical (unpaired) electrons. The molecule has 31 heavy (non-hydrogen) atoms. The first-order chi connectivity index (χ1) is 14.9. The highest BCUT2D eigenvalue weighted by atomic mass is 16.5. The van der Waals surface area contributed by atoms with E-state index in [9.17, 15) is 9.59 Å². The average Bonchev–Trinajstić information content (AvgIpc) is 2.75. The van der Waals surface area contributed by atoms with Crippen LogP contribution in [0.3, 0.4) is 0 Å². The molecule has 0 aliphatic heterocycles. The molecule has 1 unspecified atom stereocenters. The van der Waals surface area contributed by atoms with Crippen LogP contribution in [0.15, 0.2) is 48.5 Å². The molecule has 6 nitrogen and oxygen atoms in total. The van der Waals surface area contributed by atoms with E-state index in [1.807, 2.05) is 76.2 Å². The van der Waals surface area contributed by atoms with Crippen molar-refractivity contribution in [3.05, 3.63) is 70.8 Å². The zero-order chi connectivity index (χ0) is 22.6. The molecule has 0 spiro atoms. The molecule has 0 saturated carbocycles. The van der Waals surface area contributed by atoms with Crippen LogP contribution in [0.5, 0.6) is 0 Å². The molecule has 0 aliphatic carbocycles. The van der Waals surface area contributed by atoms with Crippen LogP contribution in [0, 0.1) is 12.8 Å². The van der Waals surface area contributed by atoms with E-state index >= 15 is 0 Å². The summed E-state index contributed by atoms with van der Waals surface area (Å²) in [5.41, 5.74) is 4.28. The van der Waals surface area contributed by atoms with Gasteiger partial charge in [0.1, 0.15) is 6.04 Å². The maximum atomic E-state index is 12.7. The monoisotopic (exact) mass is 425 g/mol. The third-order valence-corrected chi connectivity index (χ3v) is 4.87. The smallest absolute Gasteiger partial charge is 0.315 e. The highest BCUT2D eigenvalue weighted by Crippen LogP contribution is 2.08. The van der Waals surface area contributed by atoms with Gasteiger partial charge in [-0.15, -0.1) is 0 Å². The summed E-state index contributed by atoms with van der Waals surface area (Å²) >= 11 is 0. The Morgan fingerprint density at radius 1 is 0.871 bits per heavy atom. The third kappa shape index (κ3) is 9.22. The molecule has 0 bridgehead atoms. The lowest BCUT2D eigenvalue weighted by atomic mass is 10.0. The summed E-state index contributed by atoms with van der Waals surface area (Å²) in [6.45, 7) is 10.1. The lowest BCUT2D eigenvalue weighted by Gasteiger charge is -2.20. The van der Waals surface area contributed by atoms with Crippen LogP contribution in [0.4, 0.5) is 4.79 Å². The minimum Gasteiger partial charge on any atom is -0.377 e. The van der Waals surface area contributed by atoms with Crippen LogP contribution in [-0.4, -0.2) is 24.6 Å². The summed E-state index contributed by atoms with van der Waals surface area (Å²) in [5, 5.41) is 8.59. The lowest BCUT2D eigenvalue weighted by Crippen LogP contribution is -2.50. The number of carbonyl (C=O) groups excluding carboxylic acids is 2. The predicted octanol–water partition coefficient (Wildman–Crippen LogP) is 4.06. The first-order valence-corrected chi connectivity index (χ1v) is 10.9. The SMILES string of the molecule is CCOCc1ccc(CNC(=O)C(CC(C)C)NC(=O)NCc2ccc(C)cc2)cc1. The van der Waals surface area contributed by atoms with Gasteiger partial charge in [-0.2, -0.15) is 0 Å². The molecule has 1 atom stereocenters. The number of urea groups is 1. The minimum absolute atomic E-state index is 0.183. The molecule has 6 heteroatoms. The van der Waals surface area contributed by atoms with Crippen molar-refractivity contribution < 1.29 is 14.3 Å². The van der Waals surface area contributed by atoms with Crippen LogP contribution in [0.1, 0.15) is 49.4 Å². The lowest BCUT2D eigenvalue weighted by molar-refractivity contribution is -0.123. The fourth-order valence-electron chi connectivity index (χ4n) is 3.09. The zero-order valence-corrected chi connectivity index (χ0v) is 19.0. The van der Waals surface area contributed by atoms with E-state index < -0.39 is 6.04 Å². The Morgan fingerprint density at radius 2 is 1.42 bits per heavy atom. The molecule has 0 aliphatic rings. The topological polar surface area (TPSA) is 79.5 Å². The number of ether oxygens (including phenoxy) is 1. The Kier molecular flexibility index (Phi) is 10.0. The van der Waals surface area contributed by atoms with Crippen molar-refractivity contribution in [2.45, 2.75) is 59.9 Å².